The van der Waals surface area contributed by atoms with Crippen molar-refractivity contribution < 1.29 is 28.2 Å². The van der Waals surface area contributed by atoms with E-state index >= 15 is 4.39 Å². The number of hydrogen-bond acceptors (Lipinski definition) is 7. The summed E-state index contributed by atoms with van der Waals surface area (Å²) in [6.45, 7) is 11.1. The number of aliphatic hydroxyl groups is 1. The number of aromatic amines is 1. The number of fused-ring (bicyclic) bond motifs is 1. The minimum Gasteiger partial charge on any atom is -0.386 e. The zero-order valence-corrected chi connectivity index (χ0v) is 35.4. The van der Waals surface area contributed by atoms with E-state index in [1.165, 1.54) is 50.0 Å². The maximum Gasteiger partial charge on any atom is 0.258 e. The standard InChI is InChI=1S/C49H52F2N6O5/c1-31-18-20-57(44(58)24-31)29-35-11-9-19-56(48(35)60)21-23-62-22-8-6-5-7-10-33-12-14-34(15-13-33)43-28-40-45(52-30-53-46(40)54-43)39-26-37(50)27-42(32(39)2)55-47(59)38-17-16-36(25-41(38)51)49(3,4)61/h9,11-17,19,25-28,30,61H,1,5-8,10,18,20-24,29H2,2-4H3,(H,55,59)(H,52,53,54). The third-order valence-electron chi connectivity index (χ3n) is 11.4. The zero-order valence-electron chi connectivity index (χ0n) is 35.4. The molecule has 0 saturated carbocycles. The van der Waals surface area contributed by atoms with E-state index in [1.54, 1.807) is 28.7 Å². The molecule has 0 radical (unpaired) electrons. The van der Waals surface area contributed by atoms with Gasteiger partial charge in [0.15, 0.2) is 0 Å². The Morgan fingerprint density at radius 1 is 0.984 bits per heavy atom. The molecule has 1 saturated heterocycles. The number of benzene rings is 3. The molecule has 2 amide bonds. The maximum absolute atomic E-state index is 15.1. The summed E-state index contributed by atoms with van der Waals surface area (Å²) in [4.78, 5) is 52.5. The second-order valence-electron chi connectivity index (χ2n) is 16.5. The second-order valence-corrected chi connectivity index (χ2v) is 16.5. The van der Waals surface area contributed by atoms with Gasteiger partial charge in [-0.15, -0.1) is 0 Å². The molecule has 11 nitrogen and oxygen atoms in total. The summed E-state index contributed by atoms with van der Waals surface area (Å²) < 4.78 is 37.6. The van der Waals surface area contributed by atoms with Crippen LogP contribution in [0.5, 0.6) is 0 Å². The van der Waals surface area contributed by atoms with Gasteiger partial charge >= 0.3 is 0 Å². The predicted octanol–water partition coefficient (Wildman–Crippen LogP) is 9.02. The van der Waals surface area contributed by atoms with Crippen molar-refractivity contribution in [1.29, 1.82) is 0 Å². The van der Waals surface area contributed by atoms with Crippen LogP contribution in [-0.2, 0) is 34.6 Å². The molecule has 62 heavy (non-hydrogen) atoms. The van der Waals surface area contributed by atoms with E-state index in [0.29, 0.717) is 78.2 Å². The number of amides is 2. The average molecular weight is 843 g/mol. The first-order valence-electron chi connectivity index (χ1n) is 21.0. The molecule has 13 heteroatoms. The van der Waals surface area contributed by atoms with E-state index in [2.05, 4.69) is 51.1 Å². The van der Waals surface area contributed by atoms with Gasteiger partial charge in [0.1, 0.15) is 23.6 Å². The van der Waals surface area contributed by atoms with Crippen LogP contribution in [-0.4, -0.2) is 61.1 Å². The van der Waals surface area contributed by atoms with Crippen LogP contribution in [0.4, 0.5) is 14.5 Å². The number of aromatic nitrogens is 4. The molecule has 0 atom stereocenters. The van der Waals surface area contributed by atoms with Crippen molar-refractivity contribution in [2.75, 3.05) is 25.1 Å². The SMILES string of the molecule is C=C1CCN(Cc2cccn(CCOCCCCCCc3ccc(-c4cc5c(-c6cc(F)cc(NC(=O)c7ccc(C(C)(C)O)cc7F)c6C)ncnc5[nH]4)cc3)c2=O)C(=O)C1. The molecule has 0 spiro atoms. The van der Waals surface area contributed by atoms with E-state index in [4.69, 9.17) is 4.74 Å². The molecule has 0 unspecified atom stereocenters. The average Bonchev–Trinajstić information content (AvgIpc) is 3.68. The Hall–Kier alpha value is -6.31. The fraction of sp³-hybridized carbons (Fsp3) is 0.327. The number of rotatable bonds is 17. The number of hydrogen-bond donors (Lipinski definition) is 3. The van der Waals surface area contributed by atoms with Gasteiger partial charge in [-0.1, -0.05) is 61.4 Å². The van der Waals surface area contributed by atoms with Gasteiger partial charge in [0.05, 0.1) is 30.0 Å². The highest BCUT2D eigenvalue weighted by Gasteiger charge is 2.23. The number of likely N-dealkylation sites (tertiary alicyclic amines) is 1. The Morgan fingerprint density at radius 3 is 2.53 bits per heavy atom. The first-order valence-corrected chi connectivity index (χ1v) is 21.0. The van der Waals surface area contributed by atoms with Crippen LogP contribution in [0.15, 0.2) is 102 Å². The predicted molar refractivity (Wildman–Crippen MR) is 237 cm³/mol. The lowest BCUT2D eigenvalue weighted by atomic mass is 9.96. The summed E-state index contributed by atoms with van der Waals surface area (Å²) in [5.41, 5.74) is 5.47. The van der Waals surface area contributed by atoms with Gasteiger partial charge in [-0.3, -0.25) is 14.4 Å². The molecule has 3 aromatic heterocycles. The van der Waals surface area contributed by atoms with Crippen molar-refractivity contribution in [1.82, 2.24) is 24.4 Å². The number of halogens is 2. The van der Waals surface area contributed by atoms with E-state index in [1.807, 2.05) is 12.1 Å². The molecule has 1 fully saturated rings. The van der Waals surface area contributed by atoms with Crippen molar-refractivity contribution >= 4 is 28.5 Å². The molecule has 322 valence electrons. The number of pyridine rings is 1. The highest BCUT2D eigenvalue weighted by Crippen LogP contribution is 2.35. The van der Waals surface area contributed by atoms with Gasteiger partial charge in [0.25, 0.3) is 11.5 Å². The Bertz CT molecular complexity index is 2670. The molecule has 6 aromatic rings. The van der Waals surface area contributed by atoms with Gasteiger partial charge in [-0.2, -0.15) is 0 Å². The third-order valence-corrected chi connectivity index (χ3v) is 11.4. The van der Waals surface area contributed by atoms with Gasteiger partial charge in [-0.05, 0) is 105 Å². The van der Waals surface area contributed by atoms with Gasteiger partial charge in [0, 0.05) is 60.2 Å². The quantitative estimate of drug-likeness (QED) is 0.0615. The van der Waals surface area contributed by atoms with Crippen LogP contribution in [0.3, 0.4) is 0 Å². The summed E-state index contributed by atoms with van der Waals surface area (Å²) in [7, 11) is 0. The Labute approximate surface area is 359 Å². The Balaban J connectivity index is 0.887. The fourth-order valence-corrected chi connectivity index (χ4v) is 7.72. The molecule has 0 bridgehead atoms. The summed E-state index contributed by atoms with van der Waals surface area (Å²) >= 11 is 0. The maximum atomic E-state index is 15.1. The number of H-pyrrole nitrogens is 1. The number of carbonyl (C=O) groups is 2. The topological polar surface area (TPSA) is 142 Å². The summed E-state index contributed by atoms with van der Waals surface area (Å²) in [6.07, 6.45) is 9.31. The van der Waals surface area contributed by atoms with Crippen LogP contribution in [0.25, 0.3) is 33.5 Å². The number of ether oxygens (including phenoxy) is 1. The molecule has 3 aromatic carbocycles. The monoisotopic (exact) mass is 842 g/mol. The molecule has 7 rings (SSSR count). The van der Waals surface area contributed by atoms with Crippen LogP contribution in [0, 0.1) is 18.6 Å². The van der Waals surface area contributed by atoms with Gasteiger partial charge in [-0.25, -0.2) is 18.7 Å². The van der Waals surface area contributed by atoms with E-state index < -0.39 is 23.1 Å². The first kappa shape index (κ1) is 43.8. The molecular weight excluding hydrogens is 791 g/mol. The van der Waals surface area contributed by atoms with Crippen LogP contribution < -0.4 is 10.9 Å². The van der Waals surface area contributed by atoms with Crippen molar-refractivity contribution in [2.24, 2.45) is 0 Å². The highest BCUT2D eigenvalue weighted by atomic mass is 19.1. The van der Waals surface area contributed by atoms with Crippen LogP contribution >= 0.6 is 0 Å². The van der Waals surface area contributed by atoms with Crippen molar-refractivity contribution in [2.45, 2.75) is 84.4 Å². The number of carbonyl (C=O) groups excluding carboxylic acids is 2. The molecule has 4 heterocycles. The lowest BCUT2D eigenvalue weighted by Crippen LogP contribution is -2.38. The largest absolute Gasteiger partial charge is 0.386 e. The van der Waals surface area contributed by atoms with Gasteiger partial charge in [0.2, 0.25) is 5.91 Å². The molecule has 3 N–H and O–H groups in total. The highest BCUT2D eigenvalue weighted by molar-refractivity contribution is 6.06. The first-order chi connectivity index (χ1) is 29.7. The van der Waals surface area contributed by atoms with Crippen molar-refractivity contribution in [3.8, 4) is 22.5 Å². The van der Waals surface area contributed by atoms with Crippen LogP contribution in [0.1, 0.15) is 85.0 Å². The summed E-state index contributed by atoms with van der Waals surface area (Å²) in [6, 6.07) is 20.3. The number of aryl methyl sites for hydroxylation is 1. The minimum absolute atomic E-state index is 0.0175. The Morgan fingerprint density at radius 2 is 1.77 bits per heavy atom. The number of piperidine rings is 1. The van der Waals surface area contributed by atoms with Crippen molar-refractivity contribution in [3.63, 3.8) is 0 Å². The third kappa shape index (κ3) is 10.4. The number of nitrogens with zero attached hydrogens (tertiary/aromatic N) is 4. The fourth-order valence-electron chi connectivity index (χ4n) is 7.72. The minimum atomic E-state index is -1.28. The normalized spacial score (nSPS) is 13.3. The van der Waals surface area contributed by atoms with E-state index in [-0.39, 0.29) is 22.7 Å². The van der Waals surface area contributed by atoms with E-state index in [0.717, 1.165) is 61.4 Å². The smallest absolute Gasteiger partial charge is 0.258 e. The number of anilines is 1. The van der Waals surface area contributed by atoms with E-state index in [9.17, 15) is 23.9 Å². The molecule has 1 aliphatic rings. The number of unbranched alkanes of at least 4 members (excludes halogenated alkanes) is 3. The van der Waals surface area contributed by atoms with Crippen LogP contribution in [0.2, 0.25) is 0 Å². The lowest BCUT2D eigenvalue weighted by molar-refractivity contribution is -0.132. The van der Waals surface area contributed by atoms with Gasteiger partial charge < -0.3 is 29.6 Å². The molecular formula is C49H52F2N6O5. The summed E-state index contributed by atoms with van der Waals surface area (Å²) in [5.74, 6) is -2.14. The molecule has 0 aliphatic carbocycles. The molecule has 1 aliphatic heterocycles. The lowest BCUT2D eigenvalue weighted by Gasteiger charge is -2.27. The zero-order chi connectivity index (χ0) is 44.0. The second kappa shape index (κ2) is 19.2. The number of nitrogens with one attached hydrogen (secondary N) is 2. The summed E-state index contributed by atoms with van der Waals surface area (Å²) in [5, 5.41) is 13.6. The van der Waals surface area contributed by atoms with Crippen molar-refractivity contribution in [3.05, 3.63) is 147 Å². The Kier molecular flexibility index (Phi) is 13.5.